The van der Waals surface area contributed by atoms with E-state index < -0.39 is 11.9 Å². The van der Waals surface area contributed by atoms with Gasteiger partial charge in [-0.3, -0.25) is 0 Å². The van der Waals surface area contributed by atoms with E-state index in [1.807, 2.05) is 11.0 Å². The first-order valence-electron chi connectivity index (χ1n) is 8.02. The van der Waals surface area contributed by atoms with E-state index in [9.17, 15) is 13.2 Å². The van der Waals surface area contributed by atoms with Crippen LogP contribution in [-0.4, -0.2) is 39.1 Å². The molecule has 0 amide bonds. The monoisotopic (exact) mass is 363 g/mol. The second kappa shape index (κ2) is 7.11. The number of anilines is 2. The third kappa shape index (κ3) is 3.99. The molecule has 10 heteroatoms. The molecule has 3 heterocycles. The molecule has 136 valence electrons. The van der Waals surface area contributed by atoms with Crippen LogP contribution in [0.2, 0.25) is 0 Å². The lowest BCUT2D eigenvalue weighted by Gasteiger charge is -2.33. The number of aryl methyl sites for hydroxylation is 1. The number of hydrogen-bond donors (Lipinski definition) is 1. The number of halogens is 3. The van der Waals surface area contributed by atoms with Crippen molar-refractivity contribution in [3.63, 3.8) is 0 Å². The molecule has 3 rings (SSSR count). The zero-order valence-corrected chi connectivity index (χ0v) is 14.0. The van der Waals surface area contributed by atoms with Gasteiger partial charge in [-0.1, -0.05) is 0 Å². The maximum Gasteiger partial charge on any atom is 0.433 e. The fourth-order valence-corrected chi connectivity index (χ4v) is 2.83. The molecular weight excluding hydrogens is 347 g/mol. The third-order valence-corrected chi connectivity index (χ3v) is 4.08. The summed E-state index contributed by atoms with van der Waals surface area (Å²) in [5.74, 6) is 0.791. The van der Waals surface area contributed by atoms with Crippen LogP contribution in [0.3, 0.4) is 0 Å². The third-order valence-electron chi connectivity index (χ3n) is 4.08. The van der Waals surface area contributed by atoms with E-state index in [1.54, 1.807) is 0 Å². The van der Waals surface area contributed by atoms with E-state index >= 15 is 0 Å². The van der Waals surface area contributed by atoms with Crippen molar-refractivity contribution in [2.45, 2.75) is 32.0 Å². The van der Waals surface area contributed by atoms with Crippen LogP contribution in [0.25, 0.3) is 0 Å². The molecule has 2 aromatic rings. The summed E-state index contributed by atoms with van der Waals surface area (Å²) < 4.78 is 38.8. The van der Waals surface area contributed by atoms with Crippen LogP contribution >= 0.6 is 0 Å². The van der Waals surface area contributed by atoms with Crippen LogP contribution in [-0.2, 0) is 6.18 Å². The minimum absolute atomic E-state index is 0.0556. The lowest BCUT2D eigenvalue weighted by Crippen LogP contribution is -2.40. The zero-order valence-electron chi connectivity index (χ0n) is 14.0. The first kappa shape index (κ1) is 17.8. The van der Waals surface area contributed by atoms with Crippen molar-refractivity contribution < 1.29 is 13.2 Å². The van der Waals surface area contributed by atoms with Gasteiger partial charge >= 0.3 is 6.18 Å². The van der Waals surface area contributed by atoms with Crippen LogP contribution < -0.4 is 10.2 Å². The highest BCUT2D eigenvalue weighted by atomic mass is 19.4. The van der Waals surface area contributed by atoms with Crippen molar-refractivity contribution in [1.29, 1.82) is 5.26 Å². The Labute approximate surface area is 147 Å². The molecule has 0 atom stereocenters. The first-order chi connectivity index (χ1) is 12.4. The van der Waals surface area contributed by atoms with Crippen LogP contribution in [0.4, 0.5) is 24.8 Å². The van der Waals surface area contributed by atoms with E-state index in [0.29, 0.717) is 31.7 Å². The average Bonchev–Trinajstić information content (AvgIpc) is 2.61. The molecule has 2 aromatic heterocycles. The van der Waals surface area contributed by atoms with Gasteiger partial charge in [0.1, 0.15) is 23.4 Å². The first-order valence-corrected chi connectivity index (χ1v) is 8.02. The largest absolute Gasteiger partial charge is 0.433 e. The summed E-state index contributed by atoms with van der Waals surface area (Å²) in [4.78, 5) is 17.5. The summed E-state index contributed by atoms with van der Waals surface area (Å²) in [5.41, 5.74) is -0.713. The molecular formula is C16H16F3N7. The summed E-state index contributed by atoms with van der Waals surface area (Å²) in [6, 6.07) is 3.02. The molecule has 1 N–H and O–H groups in total. The van der Waals surface area contributed by atoms with Gasteiger partial charge in [0.05, 0.1) is 0 Å². The number of hydrogen-bond acceptors (Lipinski definition) is 7. The Morgan fingerprint density at radius 3 is 2.54 bits per heavy atom. The molecule has 0 unspecified atom stereocenters. The van der Waals surface area contributed by atoms with Crippen LogP contribution in [0.15, 0.2) is 18.5 Å². The van der Waals surface area contributed by atoms with Crippen molar-refractivity contribution in [2.24, 2.45) is 0 Å². The van der Waals surface area contributed by atoms with Gasteiger partial charge in [0, 0.05) is 37.6 Å². The van der Waals surface area contributed by atoms with Gasteiger partial charge in [-0.25, -0.2) is 19.9 Å². The number of nitriles is 1. The summed E-state index contributed by atoms with van der Waals surface area (Å²) in [7, 11) is 0. The highest BCUT2D eigenvalue weighted by molar-refractivity contribution is 5.48. The quantitative estimate of drug-likeness (QED) is 0.896. The second-order valence-electron chi connectivity index (χ2n) is 5.93. The molecule has 1 aliphatic rings. The minimum Gasteiger partial charge on any atom is -0.365 e. The lowest BCUT2D eigenvalue weighted by molar-refractivity contribution is -0.141. The number of rotatable bonds is 3. The summed E-state index contributed by atoms with van der Waals surface area (Å²) in [6.07, 6.45) is -0.206. The predicted octanol–water partition coefficient (Wildman–Crippen LogP) is 2.55. The molecule has 0 radical (unpaired) electrons. The Hall–Kier alpha value is -2.96. The van der Waals surface area contributed by atoms with Crippen LogP contribution in [0.1, 0.15) is 30.1 Å². The zero-order chi connectivity index (χ0) is 18.7. The molecule has 0 aromatic carbocycles. The fraction of sp³-hybridized carbons (Fsp3) is 0.438. The molecule has 0 bridgehead atoms. The smallest absolute Gasteiger partial charge is 0.365 e. The molecule has 1 fully saturated rings. The molecule has 26 heavy (non-hydrogen) atoms. The van der Waals surface area contributed by atoms with Crippen molar-refractivity contribution in [2.75, 3.05) is 23.3 Å². The van der Waals surface area contributed by atoms with Gasteiger partial charge in [-0.05, 0) is 19.8 Å². The van der Waals surface area contributed by atoms with Gasteiger partial charge in [0.25, 0.3) is 0 Å². The molecule has 1 aliphatic heterocycles. The maximum absolute atomic E-state index is 12.9. The van der Waals surface area contributed by atoms with E-state index in [4.69, 9.17) is 5.26 Å². The number of nitrogens with zero attached hydrogens (tertiary/aromatic N) is 6. The Morgan fingerprint density at radius 2 is 1.88 bits per heavy atom. The standard InChI is InChI=1S/C16H16F3N7/c1-10-23-13(16(17,18)19)8-14(24-10)26-6-2-11(3-7-26)25-15-12(9-20)21-4-5-22-15/h4-5,8,11H,2-3,6-7H2,1H3,(H,22,25). The highest BCUT2D eigenvalue weighted by Gasteiger charge is 2.34. The second-order valence-corrected chi connectivity index (χ2v) is 5.93. The fourth-order valence-electron chi connectivity index (χ4n) is 2.83. The highest BCUT2D eigenvalue weighted by Crippen LogP contribution is 2.30. The SMILES string of the molecule is Cc1nc(N2CCC(Nc3nccnc3C#N)CC2)cc(C(F)(F)F)n1. The molecule has 7 nitrogen and oxygen atoms in total. The van der Waals surface area contributed by atoms with E-state index in [-0.39, 0.29) is 23.4 Å². The summed E-state index contributed by atoms with van der Waals surface area (Å²) in [5, 5.41) is 12.2. The van der Waals surface area contributed by atoms with Crippen LogP contribution in [0.5, 0.6) is 0 Å². The van der Waals surface area contributed by atoms with Crippen molar-refractivity contribution in [1.82, 2.24) is 19.9 Å². The number of piperidine rings is 1. The van der Waals surface area contributed by atoms with E-state index in [0.717, 1.165) is 6.07 Å². The van der Waals surface area contributed by atoms with E-state index in [1.165, 1.54) is 19.3 Å². The van der Waals surface area contributed by atoms with Gasteiger partial charge < -0.3 is 10.2 Å². The summed E-state index contributed by atoms with van der Waals surface area (Å²) in [6.45, 7) is 2.52. The van der Waals surface area contributed by atoms with Gasteiger partial charge in [0.15, 0.2) is 11.5 Å². The van der Waals surface area contributed by atoms with Crippen molar-refractivity contribution >= 4 is 11.6 Å². The lowest BCUT2D eigenvalue weighted by atomic mass is 10.0. The number of nitrogens with one attached hydrogen (secondary N) is 1. The van der Waals surface area contributed by atoms with Gasteiger partial charge in [-0.15, -0.1) is 0 Å². The summed E-state index contributed by atoms with van der Waals surface area (Å²) >= 11 is 0. The Morgan fingerprint density at radius 1 is 1.19 bits per heavy atom. The van der Waals surface area contributed by atoms with Gasteiger partial charge in [0.2, 0.25) is 0 Å². The molecule has 0 saturated carbocycles. The van der Waals surface area contributed by atoms with Crippen molar-refractivity contribution in [3.8, 4) is 6.07 Å². The minimum atomic E-state index is -4.50. The van der Waals surface area contributed by atoms with Crippen molar-refractivity contribution in [3.05, 3.63) is 35.7 Å². The predicted molar refractivity (Wildman–Crippen MR) is 87.4 cm³/mol. The average molecular weight is 363 g/mol. The molecule has 0 spiro atoms. The Bertz CT molecular complexity index is 823. The Balaban J connectivity index is 1.67. The topological polar surface area (TPSA) is 90.6 Å². The Kier molecular flexibility index (Phi) is 4.88. The molecule has 0 aliphatic carbocycles. The van der Waals surface area contributed by atoms with Gasteiger partial charge in [-0.2, -0.15) is 18.4 Å². The number of alkyl halides is 3. The molecule has 1 saturated heterocycles. The normalized spacial score (nSPS) is 15.6. The number of aromatic nitrogens is 4. The maximum atomic E-state index is 12.9. The van der Waals surface area contributed by atoms with E-state index in [2.05, 4.69) is 25.3 Å². The van der Waals surface area contributed by atoms with Crippen LogP contribution in [0, 0.1) is 18.3 Å².